The Bertz CT molecular complexity index is 260. The van der Waals surface area contributed by atoms with E-state index in [0.29, 0.717) is 19.4 Å². The molecule has 0 bridgehead atoms. The molecule has 1 heterocycles. The third kappa shape index (κ3) is 2.93. The molecular weight excluding hydrogens is 208 g/mol. The van der Waals surface area contributed by atoms with Crippen LogP contribution in [0, 0.1) is 0 Å². The summed E-state index contributed by atoms with van der Waals surface area (Å²) >= 11 is 0. The molecule has 1 saturated carbocycles. The van der Waals surface area contributed by atoms with Crippen LogP contribution < -0.4 is 10.6 Å². The summed E-state index contributed by atoms with van der Waals surface area (Å²) in [6, 6.07) is -0.176. The summed E-state index contributed by atoms with van der Waals surface area (Å²) in [7, 11) is 0. The molecule has 0 aromatic heterocycles. The number of carbonyl (C=O) groups excluding carboxylic acids is 1. The van der Waals surface area contributed by atoms with Crippen LogP contribution in [0.3, 0.4) is 0 Å². The fraction of sp³-hybridized carbons (Fsp3) is 0.909. The Morgan fingerprint density at radius 3 is 2.62 bits per heavy atom. The van der Waals surface area contributed by atoms with Crippen LogP contribution in [0.5, 0.6) is 0 Å². The van der Waals surface area contributed by atoms with E-state index in [1.165, 1.54) is 0 Å². The van der Waals surface area contributed by atoms with Gasteiger partial charge in [-0.1, -0.05) is 0 Å². The van der Waals surface area contributed by atoms with Gasteiger partial charge in [0.15, 0.2) is 0 Å². The van der Waals surface area contributed by atoms with E-state index in [-0.39, 0.29) is 24.1 Å². The first-order valence-corrected chi connectivity index (χ1v) is 6.05. The van der Waals surface area contributed by atoms with E-state index in [4.69, 9.17) is 0 Å². The van der Waals surface area contributed by atoms with E-state index in [0.717, 1.165) is 19.3 Å². The first-order valence-electron chi connectivity index (χ1n) is 6.05. The van der Waals surface area contributed by atoms with Gasteiger partial charge >= 0.3 is 0 Å². The zero-order valence-electron chi connectivity index (χ0n) is 9.35. The maximum atomic E-state index is 11.8. The van der Waals surface area contributed by atoms with E-state index in [2.05, 4.69) is 10.6 Å². The minimum atomic E-state index is -0.410. The average molecular weight is 228 g/mol. The maximum absolute atomic E-state index is 11.8. The van der Waals surface area contributed by atoms with Crippen LogP contribution in [0.25, 0.3) is 0 Å². The first-order chi connectivity index (χ1) is 7.65. The summed E-state index contributed by atoms with van der Waals surface area (Å²) in [6.45, 7) is 0.491. The third-order valence-corrected chi connectivity index (χ3v) is 3.42. The second-order valence-electron chi connectivity index (χ2n) is 4.88. The molecule has 1 amide bonds. The number of β-amino-alcohol motifs (C(OH)–C–C–N with tert-alkyl or cyclic N) is 1. The van der Waals surface area contributed by atoms with E-state index in [1.54, 1.807) is 0 Å². The van der Waals surface area contributed by atoms with Crippen molar-refractivity contribution in [3.8, 4) is 0 Å². The van der Waals surface area contributed by atoms with Crippen molar-refractivity contribution in [2.75, 3.05) is 6.54 Å². The molecule has 16 heavy (non-hydrogen) atoms. The summed E-state index contributed by atoms with van der Waals surface area (Å²) in [5, 5.41) is 24.7. The Labute approximate surface area is 95.2 Å². The molecule has 1 aliphatic carbocycles. The van der Waals surface area contributed by atoms with Gasteiger partial charge in [-0.25, -0.2) is 0 Å². The normalized spacial score (nSPS) is 39.6. The third-order valence-electron chi connectivity index (χ3n) is 3.42. The first kappa shape index (κ1) is 11.8. The lowest BCUT2D eigenvalue weighted by molar-refractivity contribution is -0.124. The fourth-order valence-corrected chi connectivity index (χ4v) is 2.51. The SMILES string of the molecule is O=C(NC1CCCC(O)C1)C1CC(O)CN1. The lowest BCUT2D eigenvalue weighted by Crippen LogP contribution is -2.47. The van der Waals surface area contributed by atoms with Crippen LogP contribution in [0.15, 0.2) is 0 Å². The monoisotopic (exact) mass is 228 g/mol. The molecule has 4 N–H and O–H groups in total. The molecule has 2 rings (SSSR count). The highest BCUT2D eigenvalue weighted by Gasteiger charge is 2.30. The molecule has 5 nitrogen and oxygen atoms in total. The molecule has 0 aromatic carbocycles. The molecular formula is C11H20N2O3. The van der Waals surface area contributed by atoms with Gasteiger partial charge < -0.3 is 20.8 Å². The predicted molar refractivity (Wildman–Crippen MR) is 58.8 cm³/mol. The van der Waals surface area contributed by atoms with Gasteiger partial charge in [0.25, 0.3) is 0 Å². The van der Waals surface area contributed by atoms with Crippen molar-refractivity contribution in [2.24, 2.45) is 0 Å². The molecule has 0 radical (unpaired) electrons. The van der Waals surface area contributed by atoms with Crippen LogP contribution in [0.1, 0.15) is 32.1 Å². The van der Waals surface area contributed by atoms with Crippen molar-refractivity contribution in [1.82, 2.24) is 10.6 Å². The van der Waals surface area contributed by atoms with Crippen molar-refractivity contribution >= 4 is 5.91 Å². The van der Waals surface area contributed by atoms with Crippen LogP contribution >= 0.6 is 0 Å². The standard InChI is InChI=1S/C11H20N2O3/c14-8-3-1-2-7(4-8)13-11(16)10-5-9(15)6-12-10/h7-10,12,14-15H,1-6H2,(H,13,16). The Morgan fingerprint density at radius 1 is 1.19 bits per heavy atom. The fourth-order valence-electron chi connectivity index (χ4n) is 2.51. The van der Waals surface area contributed by atoms with E-state index >= 15 is 0 Å². The molecule has 4 atom stereocenters. The van der Waals surface area contributed by atoms with Gasteiger partial charge in [0.1, 0.15) is 0 Å². The molecule has 2 fully saturated rings. The van der Waals surface area contributed by atoms with Gasteiger partial charge in [-0.05, 0) is 32.1 Å². The second-order valence-corrected chi connectivity index (χ2v) is 4.88. The lowest BCUT2D eigenvalue weighted by Gasteiger charge is -2.27. The van der Waals surface area contributed by atoms with Crippen molar-refractivity contribution < 1.29 is 15.0 Å². The van der Waals surface area contributed by atoms with Crippen LogP contribution in [0.2, 0.25) is 0 Å². The van der Waals surface area contributed by atoms with Gasteiger partial charge in [0, 0.05) is 12.6 Å². The van der Waals surface area contributed by atoms with E-state index in [9.17, 15) is 15.0 Å². The van der Waals surface area contributed by atoms with Gasteiger partial charge in [-0.2, -0.15) is 0 Å². The molecule has 1 saturated heterocycles. The summed E-state index contributed by atoms with van der Waals surface area (Å²) in [6.07, 6.45) is 3.20. The number of carbonyl (C=O) groups is 1. The number of nitrogens with one attached hydrogen (secondary N) is 2. The lowest BCUT2D eigenvalue weighted by atomic mass is 9.93. The quantitative estimate of drug-likeness (QED) is 0.495. The number of hydrogen-bond donors (Lipinski definition) is 4. The number of aliphatic hydroxyl groups excluding tert-OH is 2. The molecule has 1 aliphatic heterocycles. The molecule has 0 aromatic rings. The maximum Gasteiger partial charge on any atom is 0.237 e. The van der Waals surface area contributed by atoms with Crippen LogP contribution in [0.4, 0.5) is 0 Å². The zero-order chi connectivity index (χ0) is 11.5. The van der Waals surface area contributed by atoms with Gasteiger partial charge in [-0.15, -0.1) is 0 Å². The second kappa shape index (κ2) is 5.12. The summed E-state index contributed by atoms with van der Waals surface area (Å²) in [5.74, 6) is -0.0457. The van der Waals surface area contributed by atoms with Crippen LogP contribution in [-0.4, -0.2) is 47.0 Å². The smallest absolute Gasteiger partial charge is 0.237 e. The molecule has 4 unspecified atom stereocenters. The average Bonchev–Trinajstić information content (AvgIpc) is 2.65. The van der Waals surface area contributed by atoms with Crippen molar-refractivity contribution in [3.63, 3.8) is 0 Å². The highest BCUT2D eigenvalue weighted by atomic mass is 16.3. The highest BCUT2D eigenvalue weighted by Crippen LogP contribution is 2.18. The van der Waals surface area contributed by atoms with Gasteiger partial charge in [-0.3, -0.25) is 4.79 Å². The van der Waals surface area contributed by atoms with Crippen molar-refractivity contribution in [1.29, 1.82) is 0 Å². The van der Waals surface area contributed by atoms with Gasteiger partial charge in [0.2, 0.25) is 5.91 Å². The molecule has 92 valence electrons. The number of hydrogen-bond acceptors (Lipinski definition) is 4. The highest BCUT2D eigenvalue weighted by molar-refractivity contribution is 5.82. The van der Waals surface area contributed by atoms with Crippen LogP contribution in [-0.2, 0) is 4.79 Å². The van der Waals surface area contributed by atoms with Gasteiger partial charge in [0.05, 0.1) is 18.2 Å². The zero-order valence-corrected chi connectivity index (χ0v) is 9.35. The van der Waals surface area contributed by atoms with Crippen molar-refractivity contribution in [3.05, 3.63) is 0 Å². The van der Waals surface area contributed by atoms with E-state index in [1.807, 2.05) is 0 Å². The van der Waals surface area contributed by atoms with Crippen molar-refractivity contribution in [2.45, 2.75) is 56.4 Å². The Hall–Kier alpha value is -0.650. The Morgan fingerprint density at radius 2 is 2.00 bits per heavy atom. The topological polar surface area (TPSA) is 81.6 Å². The minimum absolute atomic E-state index is 0.0457. The predicted octanol–water partition coefficient (Wildman–Crippen LogP) is -0.871. The molecule has 0 spiro atoms. The number of aliphatic hydroxyl groups is 2. The summed E-state index contributed by atoms with van der Waals surface area (Å²) < 4.78 is 0. The van der Waals surface area contributed by atoms with E-state index < -0.39 is 6.10 Å². The summed E-state index contributed by atoms with van der Waals surface area (Å²) in [5.41, 5.74) is 0. The number of amides is 1. The summed E-state index contributed by atoms with van der Waals surface area (Å²) in [4.78, 5) is 11.8. The molecule has 5 heteroatoms. The number of rotatable bonds is 2. The Kier molecular flexibility index (Phi) is 3.78. The Balaban J connectivity index is 1.78. The largest absolute Gasteiger partial charge is 0.393 e. The minimum Gasteiger partial charge on any atom is -0.393 e. The molecule has 2 aliphatic rings.